The van der Waals surface area contributed by atoms with Gasteiger partial charge in [0.2, 0.25) is 5.91 Å². The van der Waals surface area contributed by atoms with Gasteiger partial charge in [-0.05, 0) is 48.2 Å². The highest BCUT2D eigenvalue weighted by Gasteiger charge is 2.37. The zero-order valence-electron chi connectivity index (χ0n) is 16.6. The van der Waals surface area contributed by atoms with Crippen molar-refractivity contribution < 1.29 is 19.1 Å². The van der Waals surface area contributed by atoms with Gasteiger partial charge < -0.3 is 9.64 Å². The lowest BCUT2D eigenvalue weighted by atomic mass is 10.0. The lowest BCUT2D eigenvalue weighted by Crippen LogP contribution is -2.29. The Hall–Kier alpha value is -2.66. The molecule has 1 fully saturated rings. The van der Waals surface area contributed by atoms with Crippen LogP contribution in [0.2, 0.25) is 5.02 Å². The molecule has 1 amide bonds. The van der Waals surface area contributed by atoms with Gasteiger partial charge in [0.25, 0.3) is 0 Å². The van der Waals surface area contributed by atoms with Crippen LogP contribution in [0.15, 0.2) is 42.5 Å². The van der Waals surface area contributed by atoms with E-state index in [-0.39, 0.29) is 31.3 Å². The van der Waals surface area contributed by atoms with E-state index in [4.69, 9.17) is 16.3 Å². The largest absolute Gasteiger partial charge is 0.457 e. The number of carbonyl (C=O) groups is 3. The third-order valence-corrected chi connectivity index (χ3v) is 5.46. The Morgan fingerprint density at radius 3 is 2.28 bits per heavy atom. The zero-order valence-corrected chi connectivity index (χ0v) is 17.4. The molecule has 6 heteroatoms. The topological polar surface area (TPSA) is 63.7 Å². The van der Waals surface area contributed by atoms with Gasteiger partial charge in [0.15, 0.2) is 12.4 Å². The molecule has 1 heterocycles. The second kappa shape index (κ2) is 9.23. The van der Waals surface area contributed by atoms with Crippen molar-refractivity contribution >= 4 is 34.9 Å². The Morgan fingerprint density at radius 1 is 1.07 bits per heavy atom. The van der Waals surface area contributed by atoms with Crippen molar-refractivity contribution in [1.82, 2.24) is 0 Å². The third kappa shape index (κ3) is 4.67. The average molecular weight is 414 g/mol. The molecule has 2 aromatic carbocycles. The molecule has 0 saturated carbocycles. The molecule has 5 nitrogen and oxygen atoms in total. The summed E-state index contributed by atoms with van der Waals surface area (Å²) >= 11 is 5.82. The Kier molecular flexibility index (Phi) is 6.70. The van der Waals surface area contributed by atoms with Gasteiger partial charge in [0, 0.05) is 29.2 Å². The number of esters is 1. The van der Waals surface area contributed by atoms with Gasteiger partial charge in [-0.25, -0.2) is 0 Å². The van der Waals surface area contributed by atoms with Gasteiger partial charge >= 0.3 is 5.97 Å². The van der Waals surface area contributed by atoms with Crippen LogP contribution in [0.25, 0.3) is 0 Å². The number of rotatable bonds is 7. The van der Waals surface area contributed by atoms with Gasteiger partial charge in [-0.2, -0.15) is 0 Å². The molecular formula is C23H24ClNO4. The highest BCUT2D eigenvalue weighted by Crippen LogP contribution is 2.32. The van der Waals surface area contributed by atoms with Crippen LogP contribution >= 0.6 is 11.6 Å². The molecule has 1 aliphatic rings. The van der Waals surface area contributed by atoms with E-state index >= 15 is 0 Å². The molecule has 29 heavy (non-hydrogen) atoms. The Morgan fingerprint density at radius 2 is 1.69 bits per heavy atom. The maximum absolute atomic E-state index is 12.7. The van der Waals surface area contributed by atoms with Gasteiger partial charge in [0.1, 0.15) is 0 Å². The lowest BCUT2D eigenvalue weighted by molar-refractivity contribution is -0.147. The van der Waals surface area contributed by atoms with Crippen LogP contribution in [0.3, 0.4) is 0 Å². The Balaban J connectivity index is 1.66. The predicted molar refractivity (Wildman–Crippen MR) is 112 cm³/mol. The average Bonchev–Trinajstić information content (AvgIpc) is 3.12. The zero-order chi connectivity index (χ0) is 21.0. The van der Waals surface area contributed by atoms with Crippen molar-refractivity contribution in [3.05, 3.63) is 64.2 Å². The smallest absolute Gasteiger partial charge is 0.311 e. The number of amides is 1. The number of benzene rings is 2. The molecule has 152 valence electrons. The van der Waals surface area contributed by atoms with Crippen LogP contribution in [0.4, 0.5) is 5.69 Å². The number of hydrogen-bond donors (Lipinski definition) is 0. The van der Waals surface area contributed by atoms with Crippen molar-refractivity contribution in [2.24, 2.45) is 5.92 Å². The second-order valence-electron chi connectivity index (χ2n) is 7.08. The fourth-order valence-corrected chi connectivity index (χ4v) is 3.74. The minimum absolute atomic E-state index is 0.0911. The summed E-state index contributed by atoms with van der Waals surface area (Å²) in [6.45, 7) is 4.02. The number of para-hydroxylation sites is 1. The molecule has 0 spiro atoms. The predicted octanol–water partition coefficient (Wildman–Crippen LogP) is 4.24. The molecule has 1 aliphatic heterocycles. The first-order chi connectivity index (χ1) is 13.9. The van der Waals surface area contributed by atoms with E-state index in [1.54, 1.807) is 29.2 Å². The van der Waals surface area contributed by atoms with Crippen LogP contribution in [0, 0.1) is 5.92 Å². The molecule has 0 N–H and O–H groups in total. The molecular weight excluding hydrogens is 390 g/mol. The molecule has 1 atom stereocenters. The van der Waals surface area contributed by atoms with Gasteiger partial charge in [-0.15, -0.1) is 0 Å². The number of anilines is 1. The van der Waals surface area contributed by atoms with Crippen LogP contribution < -0.4 is 4.90 Å². The van der Waals surface area contributed by atoms with Crippen LogP contribution in [0.5, 0.6) is 0 Å². The highest BCUT2D eigenvalue weighted by molar-refractivity contribution is 6.30. The second-order valence-corrected chi connectivity index (χ2v) is 7.51. The lowest BCUT2D eigenvalue weighted by Gasteiger charge is -2.23. The first-order valence-corrected chi connectivity index (χ1v) is 10.2. The normalized spacial score (nSPS) is 16.2. The quantitative estimate of drug-likeness (QED) is 0.503. The maximum atomic E-state index is 12.7. The van der Waals surface area contributed by atoms with Crippen molar-refractivity contribution in [3.8, 4) is 0 Å². The van der Waals surface area contributed by atoms with E-state index in [2.05, 4.69) is 0 Å². The minimum atomic E-state index is -0.574. The molecule has 3 rings (SSSR count). The van der Waals surface area contributed by atoms with Crippen molar-refractivity contribution in [1.29, 1.82) is 0 Å². The number of aryl methyl sites for hydroxylation is 2. The maximum Gasteiger partial charge on any atom is 0.311 e. The van der Waals surface area contributed by atoms with Crippen molar-refractivity contribution in [3.63, 3.8) is 0 Å². The van der Waals surface area contributed by atoms with E-state index in [0.717, 1.165) is 29.7 Å². The first-order valence-electron chi connectivity index (χ1n) is 9.81. The Bertz CT molecular complexity index is 901. The number of Topliss-reactive ketones (excluding diaryl/α,β-unsaturated/α-hetero) is 1. The summed E-state index contributed by atoms with van der Waals surface area (Å²) in [5.74, 6) is -1.49. The summed E-state index contributed by atoms with van der Waals surface area (Å²) in [5, 5.41) is 0.530. The van der Waals surface area contributed by atoms with Gasteiger partial charge in [-0.1, -0.05) is 43.6 Å². The van der Waals surface area contributed by atoms with Crippen molar-refractivity contribution in [2.75, 3.05) is 18.1 Å². The summed E-state index contributed by atoms with van der Waals surface area (Å²) in [7, 11) is 0. The SMILES string of the molecule is CCc1cccc(CC)c1N1C[C@@H](C(=O)OCC(=O)c2ccc(Cl)cc2)CC1=O. The number of ketones is 1. The Labute approximate surface area is 175 Å². The summed E-state index contributed by atoms with van der Waals surface area (Å²) in [5.41, 5.74) is 3.51. The summed E-state index contributed by atoms with van der Waals surface area (Å²) < 4.78 is 5.22. The standard InChI is InChI=1S/C23H24ClNO4/c1-3-15-6-5-7-16(4-2)22(15)25-13-18(12-21(25)27)23(28)29-14-20(26)17-8-10-19(24)11-9-17/h5-11,18H,3-4,12-14H2,1-2H3/t18-/m0/s1. The number of halogens is 1. The fraction of sp³-hybridized carbons (Fsp3) is 0.348. The van der Waals surface area contributed by atoms with Crippen molar-refractivity contribution in [2.45, 2.75) is 33.1 Å². The van der Waals surface area contributed by atoms with Crippen LogP contribution in [-0.2, 0) is 27.2 Å². The van der Waals surface area contributed by atoms with E-state index in [0.29, 0.717) is 10.6 Å². The third-order valence-electron chi connectivity index (χ3n) is 5.20. The molecule has 0 aliphatic carbocycles. The highest BCUT2D eigenvalue weighted by atomic mass is 35.5. The molecule has 0 bridgehead atoms. The number of carbonyl (C=O) groups excluding carboxylic acids is 3. The minimum Gasteiger partial charge on any atom is -0.457 e. The molecule has 0 radical (unpaired) electrons. The molecule has 0 aromatic heterocycles. The monoisotopic (exact) mass is 413 g/mol. The first kappa shape index (κ1) is 21.1. The molecule has 0 unspecified atom stereocenters. The van der Waals surface area contributed by atoms with E-state index < -0.39 is 11.9 Å². The van der Waals surface area contributed by atoms with E-state index in [1.165, 1.54) is 0 Å². The van der Waals surface area contributed by atoms with Gasteiger partial charge in [-0.3, -0.25) is 14.4 Å². The van der Waals surface area contributed by atoms with Gasteiger partial charge in [0.05, 0.1) is 5.92 Å². The number of nitrogens with zero attached hydrogens (tertiary/aromatic N) is 1. The fourth-order valence-electron chi connectivity index (χ4n) is 3.62. The summed E-state index contributed by atoms with van der Waals surface area (Å²) in [6.07, 6.45) is 1.70. The van der Waals surface area contributed by atoms with Crippen LogP contribution in [0.1, 0.15) is 41.8 Å². The molecule has 2 aromatic rings. The van der Waals surface area contributed by atoms with Crippen LogP contribution in [-0.4, -0.2) is 30.8 Å². The van der Waals surface area contributed by atoms with E-state index in [9.17, 15) is 14.4 Å². The summed E-state index contributed by atoms with van der Waals surface area (Å²) in [4.78, 5) is 39.0. The number of ether oxygens (including phenoxy) is 1. The van der Waals surface area contributed by atoms with E-state index in [1.807, 2.05) is 32.0 Å². The molecule has 1 saturated heterocycles. The summed E-state index contributed by atoms with van der Waals surface area (Å²) in [6, 6.07) is 12.4. The number of hydrogen-bond acceptors (Lipinski definition) is 4.